The quantitative estimate of drug-likeness (QED) is 0.896. The van der Waals surface area contributed by atoms with Gasteiger partial charge in [-0.15, -0.1) is 0 Å². The van der Waals surface area contributed by atoms with Gasteiger partial charge < -0.3 is 10.4 Å². The highest BCUT2D eigenvalue weighted by Gasteiger charge is 2.39. The van der Waals surface area contributed by atoms with Crippen molar-refractivity contribution >= 4 is 0 Å². The van der Waals surface area contributed by atoms with Crippen LogP contribution in [0.1, 0.15) is 46.6 Å². The van der Waals surface area contributed by atoms with Crippen LogP contribution in [0.2, 0.25) is 0 Å². The first-order chi connectivity index (χ1) is 9.74. The second kappa shape index (κ2) is 5.98. The Kier molecular flexibility index (Phi) is 4.64. The van der Waals surface area contributed by atoms with Gasteiger partial charge >= 0.3 is 0 Å². The molecule has 0 aromatic heterocycles. The maximum Gasteiger partial charge on any atom is 0.115 e. The van der Waals surface area contributed by atoms with Gasteiger partial charge in [0.1, 0.15) is 5.75 Å². The Bertz CT molecular complexity index is 480. The molecule has 2 N–H and O–H groups in total. The molecule has 0 spiro atoms. The van der Waals surface area contributed by atoms with Crippen LogP contribution in [0, 0.1) is 5.41 Å². The van der Waals surface area contributed by atoms with E-state index in [0.29, 0.717) is 11.8 Å². The number of piperazine rings is 1. The van der Waals surface area contributed by atoms with Gasteiger partial charge in [-0.2, -0.15) is 0 Å². The van der Waals surface area contributed by atoms with Crippen LogP contribution < -0.4 is 5.32 Å². The summed E-state index contributed by atoms with van der Waals surface area (Å²) in [5.41, 5.74) is 1.61. The van der Waals surface area contributed by atoms with Gasteiger partial charge in [0.25, 0.3) is 0 Å². The molecular formula is C18H30N2O. The molecule has 2 atom stereocenters. The van der Waals surface area contributed by atoms with E-state index in [4.69, 9.17) is 0 Å². The summed E-state index contributed by atoms with van der Waals surface area (Å²) in [4.78, 5) is 2.58. The minimum absolute atomic E-state index is 0.174. The zero-order valence-electron chi connectivity index (χ0n) is 14.1. The van der Waals surface area contributed by atoms with Crippen LogP contribution in [0.5, 0.6) is 5.75 Å². The fourth-order valence-corrected chi connectivity index (χ4v) is 3.02. The molecule has 1 aromatic rings. The molecule has 0 bridgehead atoms. The van der Waals surface area contributed by atoms with Crippen molar-refractivity contribution in [3.63, 3.8) is 0 Å². The Labute approximate surface area is 129 Å². The highest BCUT2D eigenvalue weighted by atomic mass is 16.3. The summed E-state index contributed by atoms with van der Waals surface area (Å²) >= 11 is 0. The Hall–Kier alpha value is -1.06. The molecule has 21 heavy (non-hydrogen) atoms. The van der Waals surface area contributed by atoms with Gasteiger partial charge in [0.05, 0.1) is 0 Å². The summed E-state index contributed by atoms with van der Waals surface area (Å²) in [5, 5.41) is 13.4. The second-order valence-electron chi connectivity index (χ2n) is 7.70. The van der Waals surface area contributed by atoms with E-state index < -0.39 is 0 Å². The molecule has 1 aliphatic rings. The van der Waals surface area contributed by atoms with Crippen LogP contribution in [-0.2, 0) is 6.54 Å². The van der Waals surface area contributed by atoms with E-state index in [2.05, 4.69) is 50.9 Å². The van der Waals surface area contributed by atoms with Gasteiger partial charge in [0.15, 0.2) is 0 Å². The van der Waals surface area contributed by atoms with Crippen LogP contribution in [0.3, 0.4) is 0 Å². The zero-order valence-corrected chi connectivity index (χ0v) is 14.1. The van der Waals surface area contributed by atoms with Crippen molar-refractivity contribution in [1.29, 1.82) is 0 Å². The number of hydrogen-bond acceptors (Lipinski definition) is 3. The SMILES string of the molecule is CCC1(C)CNC(C(C)(C)C)CN1Cc1cccc(O)c1. The molecule has 118 valence electrons. The van der Waals surface area contributed by atoms with Crippen LogP contribution in [0.25, 0.3) is 0 Å². The number of benzene rings is 1. The van der Waals surface area contributed by atoms with E-state index in [1.165, 1.54) is 5.56 Å². The highest BCUT2D eigenvalue weighted by Crippen LogP contribution is 2.31. The third kappa shape index (κ3) is 3.78. The standard InChI is InChI=1S/C18H30N2O/c1-6-18(5)13-19-16(17(2,3)4)12-20(18)11-14-8-7-9-15(21)10-14/h7-10,16,19,21H,6,11-13H2,1-5H3. The third-order valence-electron chi connectivity index (χ3n) is 4.99. The monoisotopic (exact) mass is 290 g/mol. The lowest BCUT2D eigenvalue weighted by Gasteiger charge is -2.51. The Morgan fingerprint density at radius 3 is 2.67 bits per heavy atom. The van der Waals surface area contributed by atoms with Crippen molar-refractivity contribution in [3.05, 3.63) is 29.8 Å². The fraction of sp³-hybridized carbons (Fsp3) is 0.667. The third-order valence-corrected chi connectivity index (χ3v) is 4.99. The molecule has 0 amide bonds. The molecule has 1 saturated heterocycles. The largest absolute Gasteiger partial charge is 0.508 e. The van der Waals surface area contributed by atoms with Gasteiger partial charge in [-0.3, -0.25) is 4.90 Å². The number of aromatic hydroxyl groups is 1. The average Bonchev–Trinajstić information content (AvgIpc) is 2.40. The number of nitrogens with zero attached hydrogens (tertiary/aromatic N) is 1. The summed E-state index contributed by atoms with van der Waals surface area (Å²) in [5.74, 6) is 0.355. The molecule has 0 saturated carbocycles. The van der Waals surface area contributed by atoms with E-state index in [1.807, 2.05) is 12.1 Å². The number of hydrogen-bond donors (Lipinski definition) is 2. The maximum absolute atomic E-state index is 9.68. The highest BCUT2D eigenvalue weighted by molar-refractivity contribution is 5.27. The van der Waals surface area contributed by atoms with E-state index in [9.17, 15) is 5.11 Å². The van der Waals surface area contributed by atoms with Gasteiger partial charge in [-0.1, -0.05) is 39.8 Å². The van der Waals surface area contributed by atoms with E-state index in [-0.39, 0.29) is 11.0 Å². The molecule has 0 radical (unpaired) electrons. The predicted octanol–water partition coefficient (Wildman–Crippen LogP) is 3.38. The van der Waals surface area contributed by atoms with Crippen molar-refractivity contribution in [2.75, 3.05) is 13.1 Å². The minimum Gasteiger partial charge on any atom is -0.508 e. The van der Waals surface area contributed by atoms with Gasteiger partial charge in [-0.25, -0.2) is 0 Å². The van der Waals surface area contributed by atoms with Crippen LogP contribution >= 0.6 is 0 Å². The second-order valence-corrected chi connectivity index (χ2v) is 7.70. The Morgan fingerprint density at radius 1 is 1.38 bits per heavy atom. The summed E-state index contributed by atoms with van der Waals surface area (Å²) in [7, 11) is 0. The van der Waals surface area contributed by atoms with Crippen molar-refractivity contribution in [1.82, 2.24) is 10.2 Å². The Balaban J connectivity index is 2.18. The van der Waals surface area contributed by atoms with Crippen molar-refractivity contribution in [3.8, 4) is 5.75 Å². The van der Waals surface area contributed by atoms with E-state index in [1.54, 1.807) is 6.07 Å². The van der Waals surface area contributed by atoms with Gasteiger partial charge in [0.2, 0.25) is 0 Å². The molecule has 2 unspecified atom stereocenters. The van der Waals surface area contributed by atoms with Crippen molar-refractivity contribution in [2.24, 2.45) is 5.41 Å². The molecule has 2 rings (SSSR count). The fourth-order valence-electron chi connectivity index (χ4n) is 3.02. The minimum atomic E-state index is 0.174. The molecule has 1 aromatic carbocycles. The first-order valence-electron chi connectivity index (χ1n) is 8.01. The van der Waals surface area contributed by atoms with Crippen molar-refractivity contribution < 1.29 is 5.11 Å². The normalized spacial score (nSPS) is 27.8. The number of phenols is 1. The first-order valence-corrected chi connectivity index (χ1v) is 8.01. The number of nitrogens with one attached hydrogen (secondary N) is 1. The maximum atomic E-state index is 9.68. The number of rotatable bonds is 3. The van der Waals surface area contributed by atoms with Gasteiger partial charge in [0, 0.05) is 31.2 Å². The molecule has 0 aliphatic carbocycles. The summed E-state index contributed by atoms with van der Waals surface area (Å²) in [6.45, 7) is 14.4. The molecule has 3 nitrogen and oxygen atoms in total. The van der Waals surface area contributed by atoms with E-state index >= 15 is 0 Å². The number of phenolic OH excluding ortho intramolecular Hbond substituents is 1. The topological polar surface area (TPSA) is 35.5 Å². The van der Waals surface area contributed by atoms with Crippen molar-refractivity contribution in [2.45, 2.75) is 59.2 Å². The zero-order chi connectivity index (χ0) is 15.7. The lowest BCUT2D eigenvalue weighted by atomic mass is 9.81. The lowest BCUT2D eigenvalue weighted by Crippen LogP contribution is -2.65. The lowest BCUT2D eigenvalue weighted by molar-refractivity contribution is 0.0157. The molecular weight excluding hydrogens is 260 g/mol. The molecule has 1 heterocycles. The van der Waals surface area contributed by atoms with Crippen LogP contribution in [-0.4, -0.2) is 34.7 Å². The average molecular weight is 290 g/mol. The summed E-state index contributed by atoms with van der Waals surface area (Å²) in [6.07, 6.45) is 1.12. The van der Waals surface area contributed by atoms with Crippen LogP contribution in [0.4, 0.5) is 0 Å². The van der Waals surface area contributed by atoms with Crippen LogP contribution in [0.15, 0.2) is 24.3 Å². The summed E-state index contributed by atoms with van der Waals surface area (Å²) in [6, 6.07) is 8.14. The summed E-state index contributed by atoms with van der Waals surface area (Å²) < 4.78 is 0. The van der Waals surface area contributed by atoms with E-state index in [0.717, 1.165) is 26.1 Å². The molecule has 3 heteroatoms. The smallest absolute Gasteiger partial charge is 0.115 e. The molecule has 1 aliphatic heterocycles. The Morgan fingerprint density at radius 2 is 2.10 bits per heavy atom. The molecule has 1 fully saturated rings. The van der Waals surface area contributed by atoms with Gasteiger partial charge in [-0.05, 0) is 36.5 Å². The first kappa shape index (κ1) is 16.3. The predicted molar refractivity (Wildman–Crippen MR) is 88.5 cm³/mol.